The maximum Gasteiger partial charge on any atom is 0.263 e. The Kier molecular flexibility index (Phi) is 2.22. The first-order valence-electron chi connectivity index (χ1n) is 6.17. The van der Waals surface area contributed by atoms with Crippen molar-refractivity contribution in [3.63, 3.8) is 0 Å². The fourth-order valence-corrected chi connectivity index (χ4v) is 3.63. The number of amides is 1. The summed E-state index contributed by atoms with van der Waals surface area (Å²) in [6.45, 7) is 1.41. The lowest BCUT2D eigenvalue weighted by Gasteiger charge is -2.04. The molecule has 19 heavy (non-hydrogen) atoms. The average molecular weight is 269 g/mol. The van der Waals surface area contributed by atoms with Gasteiger partial charge in [-0.1, -0.05) is 6.07 Å². The number of hydrogen-bond acceptors (Lipinski definition) is 4. The highest BCUT2D eigenvalue weighted by Crippen LogP contribution is 2.40. The molecule has 2 N–H and O–H groups in total. The van der Waals surface area contributed by atoms with Crippen LogP contribution < -0.4 is 10.6 Å². The molecule has 1 amide bonds. The molecule has 0 saturated heterocycles. The molecule has 0 atom stereocenters. The van der Waals surface area contributed by atoms with Crippen molar-refractivity contribution in [3.8, 4) is 0 Å². The molecule has 4 rings (SSSR count). The minimum Gasteiger partial charge on any atom is -0.381 e. The Labute approximate surface area is 113 Å². The van der Waals surface area contributed by atoms with Gasteiger partial charge in [-0.15, -0.1) is 11.3 Å². The van der Waals surface area contributed by atoms with Crippen LogP contribution in [0.2, 0.25) is 0 Å². The van der Waals surface area contributed by atoms with E-state index >= 15 is 0 Å². The normalized spacial score (nSPS) is 14.8. The third-order valence-corrected chi connectivity index (χ3v) is 4.51. The van der Waals surface area contributed by atoms with Crippen LogP contribution in [0.25, 0.3) is 21.0 Å². The maximum absolute atomic E-state index is 12.1. The van der Waals surface area contributed by atoms with Gasteiger partial charge in [-0.05, 0) is 18.2 Å². The van der Waals surface area contributed by atoms with Gasteiger partial charge in [0.2, 0.25) is 0 Å². The molecule has 4 nitrogen and oxygen atoms in total. The lowest BCUT2D eigenvalue weighted by atomic mass is 10.1. The van der Waals surface area contributed by atoms with Gasteiger partial charge in [-0.2, -0.15) is 0 Å². The van der Waals surface area contributed by atoms with Gasteiger partial charge in [0.05, 0.1) is 11.2 Å². The van der Waals surface area contributed by atoms with Crippen molar-refractivity contribution >= 4 is 43.9 Å². The lowest BCUT2D eigenvalue weighted by Crippen LogP contribution is -2.24. The fraction of sp³-hybridized carbons (Fsp3) is 0.143. The number of carbonyl (C=O) groups excluding carboxylic acids is 1. The Morgan fingerprint density at radius 3 is 3.00 bits per heavy atom. The third kappa shape index (κ3) is 1.51. The second kappa shape index (κ2) is 3.93. The van der Waals surface area contributed by atoms with E-state index in [0.29, 0.717) is 6.54 Å². The monoisotopic (exact) mass is 269 g/mol. The van der Waals surface area contributed by atoms with Crippen LogP contribution in [0.1, 0.15) is 9.67 Å². The molecule has 0 aliphatic carbocycles. The highest BCUT2D eigenvalue weighted by molar-refractivity contribution is 7.21. The Balaban J connectivity index is 2.16. The molecule has 0 radical (unpaired) electrons. The summed E-state index contributed by atoms with van der Waals surface area (Å²) in [5.74, 6) is 0.0123. The Morgan fingerprint density at radius 1 is 1.16 bits per heavy atom. The molecule has 0 saturated carbocycles. The van der Waals surface area contributed by atoms with Crippen molar-refractivity contribution in [1.82, 2.24) is 10.3 Å². The van der Waals surface area contributed by atoms with E-state index in [4.69, 9.17) is 0 Å². The number of nitrogens with one attached hydrogen (secondary N) is 2. The van der Waals surface area contributed by atoms with Crippen molar-refractivity contribution in [3.05, 3.63) is 35.3 Å². The Morgan fingerprint density at radius 2 is 2.05 bits per heavy atom. The molecule has 0 spiro atoms. The topological polar surface area (TPSA) is 54.0 Å². The highest BCUT2D eigenvalue weighted by atomic mass is 32.1. The molecule has 5 heteroatoms. The minimum absolute atomic E-state index is 0.0123. The van der Waals surface area contributed by atoms with Crippen LogP contribution in [-0.4, -0.2) is 24.0 Å². The summed E-state index contributed by atoms with van der Waals surface area (Å²) in [7, 11) is 0. The molecule has 3 heterocycles. The first-order valence-corrected chi connectivity index (χ1v) is 6.98. The second-order valence-corrected chi connectivity index (χ2v) is 5.55. The molecule has 1 aliphatic rings. The van der Waals surface area contributed by atoms with Crippen molar-refractivity contribution in [1.29, 1.82) is 0 Å². The summed E-state index contributed by atoms with van der Waals surface area (Å²) in [6.07, 6.45) is 1.79. The Bertz CT molecular complexity index is 809. The zero-order chi connectivity index (χ0) is 12.8. The number of thiophene rings is 1. The number of nitrogens with zero attached hydrogens (tertiary/aromatic N) is 1. The predicted octanol–water partition coefficient (Wildman–Crippen LogP) is 2.60. The first-order chi connectivity index (χ1) is 9.34. The summed E-state index contributed by atoms with van der Waals surface area (Å²) in [5, 5.41) is 8.48. The van der Waals surface area contributed by atoms with Crippen LogP contribution in [0.5, 0.6) is 0 Å². The minimum atomic E-state index is 0.0123. The van der Waals surface area contributed by atoms with Crippen LogP contribution in [0.3, 0.4) is 0 Å². The van der Waals surface area contributed by atoms with Gasteiger partial charge in [-0.25, -0.2) is 0 Å². The molecule has 94 valence electrons. The number of carbonyl (C=O) groups is 1. The van der Waals surface area contributed by atoms with Crippen molar-refractivity contribution in [2.45, 2.75) is 0 Å². The predicted molar refractivity (Wildman–Crippen MR) is 77.9 cm³/mol. The molecule has 1 aromatic carbocycles. The van der Waals surface area contributed by atoms with E-state index in [0.717, 1.165) is 38.1 Å². The number of rotatable bonds is 0. The van der Waals surface area contributed by atoms with Crippen LogP contribution in [0, 0.1) is 0 Å². The summed E-state index contributed by atoms with van der Waals surface area (Å²) in [4.78, 5) is 17.2. The SMILES string of the molecule is O=C1NCCNc2c1sc1ccc3ncccc3c21. The van der Waals surface area contributed by atoms with E-state index in [2.05, 4.69) is 21.7 Å². The molecule has 2 aromatic heterocycles. The quantitative estimate of drug-likeness (QED) is 0.659. The molecule has 3 aromatic rings. The highest BCUT2D eigenvalue weighted by Gasteiger charge is 2.21. The molecular formula is C14H11N3OS. The van der Waals surface area contributed by atoms with Crippen LogP contribution in [0.15, 0.2) is 30.5 Å². The molecule has 1 aliphatic heterocycles. The largest absolute Gasteiger partial charge is 0.381 e. The molecule has 0 bridgehead atoms. The van der Waals surface area contributed by atoms with E-state index < -0.39 is 0 Å². The van der Waals surface area contributed by atoms with E-state index in [-0.39, 0.29) is 5.91 Å². The maximum atomic E-state index is 12.1. The Hall–Kier alpha value is -2.14. The van der Waals surface area contributed by atoms with E-state index in [1.807, 2.05) is 18.2 Å². The number of aromatic nitrogens is 1. The summed E-state index contributed by atoms with van der Waals surface area (Å²) in [5.41, 5.74) is 1.91. The van der Waals surface area contributed by atoms with Crippen molar-refractivity contribution < 1.29 is 4.79 Å². The van der Waals surface area contributed by atoms with E-state index in [9.17, 15) is 4.79 Å². The second-order valence-electron chi connectivity index (χ2n) is 4.50. The van der Waals surface area contributed by atoms with E-state index in [1.54, 1.807) is 6.20 Å². The molecule has 0 fully saturated rings. The molecule has 0 unspecified atom stereocenters. The van der Waals surface area contributed by atoms with Gasteiger partial charge in [0.1, 0.15) is 4.88 Å². The zero-order valence-electron chi connectivity index (χ0n) is 10.1. The van der Waals surface area contributed by atoms with Crippen molar-refractivity contribution in [2.24, 2.45) is 0 Å². The van der Waals surface area contributed by atoms with Crippen LogP contribution in [-0.2, 0) is 0 Å². The van der Waals surface area contributed by atoms with Gasteiger partial charge in [-0.3, -0.25) is 9.78 Å². The third-order valence-electron chi connectivity index (χ3n) is 3.35. The number of pyridine rings is 1. The number of benzene rings is 1. The van der Waals surface area contributed by atoms with Gasteiger partial charge in [0.15, 0.2) is 0 Å². The summed E-state index contributed by atoms with van der Waals surface area (Å²) in [6, 6.07) is 8.04. The zero-order valence-corrected chi connectivity index (χ0v) is 10.9. The van der Waals surface area contributed by atoms with Crippen LogP contribution in [0.4, 0.5) is 5.69 Å². The average Bonchev–Trinajstić information content (AvgIpc) is 2.73. The number of anilines is 1. The van der Waals surface area contributed by atoms with Gasteiger partial charge < -0.3 is 10.6 Å². The first kappa shape index (κ1) is 10.8. The van der Waals surface area contributed by atoms with Crippen LogP contribution >= 0.6 is 11.3 Å². The smallest absolute Gasteiger partial charge is 0.263 e. The van der Waals surface area contributed by atoms with Crippen molar-refractivity contribution in [2.75, 3.05) is 18.4 Å². The lowest BCUT2D eigenvalue weighted by molar-refractivity contribution is 0.0962. The van der Waals surface area contributed by atoms with E-state index in [1.165, 1.54) is 11.3 Å². The summed E-state index contributed by atoms with van der Waals surface area (Å²) < 4.78 is 1.12. The van der Waals surface area contributed by atoms with Gasteiger partial charge >= 0.3 is 0 Å². The number of fused-ring (bicyclic) bond motifs is 5. The number of hydrogen-bond donors (Lipinski definition) is 2. The molecular weight excluding hydrogens is 258 g/mol. The standard InChI is InChI=1S/C14H11N3OS/c18-14-13-12(16-6-7-17-14)11-8-2-1-5-15-9(8)3-4-10(11)19-13/h1-5,16H,6-7H2,(H,17,18). The fourth-order valence-electron chi connectivity index (χ4n) is 2.52. The van der Waals surface area contributed by atoms with Gasteiger partial charge in [0.25, 0.3) is 5.91 Å². The summed E-state index contributed by atoms with van der Waals surface area (Å²) >= 11 is 1.53. The van der Waals surface area contributed by atoms with Gasteiger partial charge in [0, 0.05) is 34.8 Å².